The number of allylic oxidation sites excluding steroid dienone is 1. The summed E-state index contributed by atoms with van der Waals surface area (Å²) in [5, 5.41) is 14.4. The van der Waals surface area contributed by atoms with Crippen molar-refractivity contribution in [2.75, 3.05) is 5.32 Å². The topological polar surface area (TPSA) is 82.9 Å². The first kappa shape index (κ1) is 17.6. The summed E-state index contributed by atoms with van der Waals surface area (Å²) in [6.45, 7) is 3.90. The van der Waals surface area contributed by atoms with E-state index >= 15 is 0 Å². The number of aromatic nitrogens is 1. The minimum Gasteiger partial charge on any atom is -0.325 e. The van der Waals surface area contributed by atoms with Gasteiger partial charge < -0.3 is 5.32 Å². The molecule has 0 saturated heterocycles. The second-order valence-electron chi connectivity index (χ2n) is 5.13. The van der Waals surface area contributed by atoms with E-state index in [4.69, 9.17) is 5.26 Å². The third-order valence-electron chi connectivity index (χ3n) is 3.36. The van der Waals surface area contributed by atoms with Gasteiger partial charge in [-0.05, 0) is 43.2 Å². The minimum absolute atomic E-state index is 0.560. The van der Waals surface area contributed by atoms with Gasteiger partial charge in [0.2, 0.25) is 5.91 Å². The average molecular weight is 339 g/mol. The smallest absolute Gasteiger partial charge is 0.249 e. The molecule has 1 aromatic heterocycles. The van der Waals surface area contributed by atoms with Gasteiger partial charge in [-0.3, -0.25) is 9.59 Å². The molecule has 2 rings (SSSR count). The fourth-order valence-corrected chi connectivity index (χ4v) is 2.59. The molecule has 0 aliphatic heterocycles. The van der Waals surface area contributed by atoms with Crippen LogP contribution in [0.1, 0.15) is 23.2 Å². The molecule has 0 bridgehead atoms. The van der Waals surface area contributed by atoms with Crippen LogP contribution in [0.4, 0.5) is 5.69 Å². The van der Waals surface area contributed by atoms with Crippen molar-refractivity contribution in [2.24, 2.45) is 5.92 Å². The molecule has 1 atom stereocenters. The largest absolute Gasteiger partial charge is 0.325 e. The van der Waals surface area contributed by atoms with Crippen LogP contribution >= 0.6 is 11.3 Å². The molecule has 2 aromatic rings. The predicted molar refractivity (Wildman–Crippen MR) is 94.4 cm³/mol. The van der Waals surface area contributed by atoms with E-state index in [0.717, 1.165) is 17.0 Å². The zero-order chi connectivity index (χ0) is 17.5. The Morgan fingerprint density at radius 3 is 2.62 bits per heavy atom. The summed E-state index contributed by atoms with van der Waals surface area (Å²) in [5.74, 6) is -2.58. The molecule has 122 valence electrons. The maximum absolute atomic E-state index is 12.2. The fourth-order valence-electron chi connectivity index (χ4n) is 2.01. The van der Waals surface area contributed by atoms with Gasteiger partial charge in [-0.15, -0.1) is 11.3 Å². The Labute approximate surface area is 144 Å². The second-order valence-corrected chi connectivity index (χ2v) is 6.19. The Bertz CT molecular complexity index is 800. The third kappa shape index (κ3) is 4.61. The first-order valence-electron chi connectivity index (χ1n) is 7.47. The number of amides is 1. The zero-order valence-corrected chi connectivity index (χ0v) is 14.3. The Balaban J connectivity index is 2.03. The number of aryl methyl sites for hydroxylation is 2. The molecule has 1 N–H and O–H groups in total. The van der Waals surface area contributed by atoms with Crippen LogP contribution in [0.25, 0.3) is 6.08 Å². The summed E-state index contributed by atoms with van der Waals surface area (Å²) in [6.07, 6.45) is 3.63. The SMILES string of the molecule is CCc1ccc(NC(=O)C(C#N)C(=O)C=Cc2csc(C)n2)cc1. The molecular weight excluding hydrogens is 322 g/mol. The van der Waals surface area contributed by atoms with Crippen molar-refractivity contribution in [3.63, 3.8) is 0 Å². The number of nitrogens with one attached hydrogen (secondary N) is 1. The number of ketones is 1. The van der Waals surface area contributed by atoms with Crippen molar-refractivity contribution in [1.29, 1.82) is 5.26 Å². The molecule has 5 nitrogen and oxygen atoms in total. The highest BCUT2D eigenvalue weighted by molar-refractivity contribution is 7.09. The Morgan fingerprint density at radius 1 is 1.38 bits per heavy atom. The first-order chi connectivity index (χ1) is 11.5. The highest BCUT2D eigenvalue weighted by Gasteiger charge is 2.24. The lowest BCUT2D eigenvalue weighted by Gasteiger charge is -2.08. The van der Waals surface area contributed by atoms with Crippen molar-refractivity contribution in [2.45, 2.75) is 20.3 Å². The predicted octanol–water partition coefficient (Wildman–Crippen LogP) is 3.37. The molecule has 24 heavy (non-hydrogen) atoms. The number of rotatable bonds is 6. The van der Waals surface area contributed by atoms with Gasteiger partial charge in [0.25, 0.3) is 0 Å². The van der Waals surface area contributed by atoms with Gasteiger partial charge in [-0.2, -0.15) is 5.26 Å². The molecule has 0 radical (unpaired) electrons. The minimum atomic E-state index is -1.38. The van der Waals surface area contributed by atoms with Crippen molar-refractivity contribution in [3.05, 3.63) is 52.0 Å². The summed E-state index contributed by atoms with van der Waals surface area (Å²) < 4.78 is 0. The first-order valence-corrected chi connectivity index (χ1v) is 8.35. The van der Waals surface area contributed by atoms with Crippen LogP contribution in [-0.4, -0.2) is 16.7 Å². The maximum Gasteiger partial charge on any atom is 0.249 e. The molecule has 0 saturated carbocycles. The van der Waals surface area contributed by atoms with Crippen LogP contribution in [0.3, 0.4) is 0 Å². The van der Waals surface area contributed by atoms with E-state index in [2.05, 4.69) is 10.3 Å². The van der Waals surface area contributed by atoms with E-state index in [0.29, 0.717) is 11.4 Å². The number of thiazole rings is 1. The van der Waals surface area contributed by atoms with Crippen LogP contribution in [-0.2, 0) is 16.0 Å². The van der Waals surface area contributed by atoms with E-state index in [1.807, 2.05) is 26.0 Å². The normalized spacial score (nSPS) is 11.9. The van der Waals surface area contributed by atoms with E-state index in [-0.39, 0.29) is 0 Å². The zero-order valence-electron chi connectivity index (χ0n) is 13.4. The lowest BCUT2D eigenvalue weighted by atomic mass is 10.0. The number of nitrogens with zero attached hydrogens (tertiary/aromatic N) is 2. The molecule has 0 aliphatic carbocycles. The molecule has 1 amide bonds. The summed E-state index contributed by atoms with van der Waals surface area (Å²) in [6, 6.07) is 9.05. The van der Waals surface area contributed by atoms with Crippen LogP contribution in [0.2, 0.25) is 0 Å². The van der Waals surface area contributed by atoms with Crippen molar-refractivity contribution >= 4 is 34.8 Å². The molecule has 1 aromatic carbocycles. The second kappa shape index (κ2) is 8.18. The lowest BCUT2D eigenvalue weighted by molar-refractivity contribution is -0.126. The number of anilines is 1. The number of carbonyl (C=O) groups excluding carboxylic acids is 2. The molecule has 1 heterocycles. The summed E-state index contributed by atoms with van der Waals surface area (Å²) in [4.78, 5) is 28.4. The van der Waals surface area contributed by atoms with Crippen molar-refractivity contribution < 1.29 is 9.59 Å². The third-order valence-corrected chi connectivity index (χ3v) is 4.15. The number of hydrogen-bond acceptors (Lipinski definition) is 5. The van der Waals surface area contributed by atoms with E-state index in [1.54, 1.807) is 23.6 Å². The van der Waals surface area contributed by atoms with Gasteiger partial charge in [-0.1, -0.05) is 19.1 Å². The highest BCUT2D eigenvalue weighted by Crippen LogP contribution is 2.13. The molecular formula is C18H17N3O2S. The molecule has 1 unspecified atom stereocenters. The van der Waals surface area contributed by atoms with Crippen LogP contribution in [0.15, 0.2) is 35.7 Å². The summed E-state index contributed by atoms with van der Waals surface area (Å²) >= 11 is 1.46. The Hall–Kier alpha value is -2.78. The average Bonchev–Trinajstić information content (AvgIpc) is 3.00. The van der Waals surface area contributed by atoms with Crippen LogP contribution in [0.5, 0.6) is 0 Å². The number of carbonyl (C=O) groups is 2. The van der Waals surface area contributed by atoms with Crippen molar-refractivity contribution in [3.8, 4) is 6.07 Å². The quantitative estimate of drug-likeness (QED) is 0.646. The van der Waals surface area contributed by atoms with E-state index in [9.17, 15) is 9.59 Å². The van der Waals surface area contributed by atoms with Gasteiger partial charge in [0.1, 0.15) is 0 Å². The van der Waals surface area contributed by atoms with Crippen molar-refractivity contribution in [1.82, 2.24) is 4.98 Å². The lowest BCUT2D eigenvalue weighted by Crippen LogP contribution is -2.27. The van der Waals surface area contributed by atoms with Gasteiger partial charge in [0.15, 0.2) is 11.7 Å². The molecule has 0 fully saturated rings. The molecule has 0 aliphatic rings. The highest BCUT2D eigenvalue weighted by atomic mass is 32.1. The Morgan fingerprint density at radius 2 is 2.08 bits per heavy atom. The van der Waals surface area contributed by atoms with Crippen LogP contribution < -0.4 is 5.32 Å². The fraction of sp³-hybridized carbons (Fsp3) is 0.222. The molecule has 6 heteroatoms. The number of nitriles is 1. The summed E-state index contributed by atoms with van der Waals surface area (Å²) in [5.41, 5.74) is 2.34. The Kier molecular flexibility index (Phi) is 5.99. The standard InChI is InChI=1S/C18H17N3O2S/c1-3-13-4-6-14(7-5-13)21-18(23)16(10-19)17(22)9-8-15-11-24-12(2)20-15/h4-9,11,16H,3H2,1-2H3,(H,21,23). The monoisotopic (exact) mass is 339 g/mol. The van der Waals surface area contributed by atoms with Gasteiger partial charge in [0.05, 0.1) is 16.8 Å². The van der Waals surface area contributed by atoms with Crippen LogP contribution in [0, 0.1) is 24.2 Å². The maximum atomic E-state index is 12.2. The van der Waals surface area contributed by atoms with Gasteiger partial charge in [-0.25, -0.2) is 4.98 Å². The van der Waals surface area contributed by atoms with Gasteiger partial charge in [0, 0.05) is 11.1 Å². The van der Waals surface area contributed by atoms with Gasteiger partial charge >= 0.3 is 0 Å². The van der Waals surface area contributed by atoms with E-state index in [1.165, 1.54) is 23.5 Å². The van der Waals surface area contributed by atoms with E-state index < -0.39 is 17.6 Å². The molecule has 0 spiro atoms. The number of hydrogen-bond donors (Lipinski definition) is 1. The summed E-state index contributed by atoms with van der Waals surface area (Å²) in [7, 11) is 0. The number of benzene rings is 1.